The molecule has 0 unspecified atom stereocenters. The van der Waals surface area contributed by atoms with E-state index in [9.17, 15) is 23.2 Å². The minimum Gasteiger partial charge on any atom is -0.452 e. The second-order valence-corrected chi connectivity index (χ2v) is 5.44. The Morgan fingerprint density at radius 2 is 1.84 bits per heavy atom. The van der Waals surface area contributed by atoms with Gasteiger partial charge in [-0.25, -0.2) is 9.59 Å². The minimum atomic E-state index is -3.10. The summed E-state index contributed by atoms with van der Waals surface area (Å²) in [4.78, 5) is 34.8. The molecule has 0 bridgehead atoms. The van der Waals surface area contributed by atoms with Crippen LogP contribution in [-0.4, -0.2) is 37.7 Å². The summed E-state index contributed by atoms with van der Waals surface area (Å²) in [5.41, 5.74) is -0.253. The van der Waals surface area contributed by atoms with Crippen molar-refractivity contribution in [1.82, 2.24) is 10.6 Å². The van der Waals surface area contributed by atoms with E-state index in [0.29, 0.717) is 12.5 Å². The van der Waals surface area contributed by atoms with Crippen LogP contribution in [0.3, 0.4) is 0 Å². The molecule has 9 heteroatoms. The van der Waals surface area contributed by atoms with Gasteiger partial charge in [0.2, 0.25) is 0 Å². The number of nitrogens with one attached hydrogen (secondary N) is 2. The molecular formula is C16H20F2N2O5. The third-order valence-electron chi connectivity index (χ3n) is 2.92. The van der Waals surface area contributed by atoms with Crippen LogP contribution in [0.5, 0.6) is 5.75 Å². The summed E-state index contributed by atoms with van der Waals surface area (Å²) in [6, 6.07) is 4.52. The van der Waals surface area contributed by atoms with Crippen LogP contribution >= 0.6 is 0 Å². The van der Waals surface area contributed by atoms with Gasteiger partial charge in [-0.2, -0.15) is 8.78 Å². The maximum atomic E-state index is 12.3. The predicted molar refractivity (Wildman–Crippen MR) is 84.4 cm³/mol. The van der Waals surface area contributed by atoms with E-state index in [1.807, 2.05) is 19.2 Å². The Balaban J connectivity index is 2.46. The minimum absolute atomic E-state index is 0.253. The average molecular weight is 358 g/mol. The van der Waals surface area contributed by atoms with Crippen molar-refractivity contribution >= 4 is 17.9 Å². The second kappa shape index (κ2) is 10.2. The van der Waals surface area contributed by atoms with Crippen molar-refractivity contribution in [3.63, 3.8) is 0 Å². The van der Waals surface area contributed by atoms with Crippen LogP contribution in [0.25, 0.3) is 0 Å². The summed E-state index contributed by atoms with van der Waals surface area (Å²) in [6.45, 7) is 0.528. The van der Waals surface area contributed by atoms with Crippen molar-refractivity contribution in [1.29, 1.82) is 0 Å². The predicted octanol–water partition coefficient (Wildman–Crippen LogP) is 2.32. The molecule has 0 saturated heterocycles. The van der Waals surface area contributed by atoms with Gasteiger partial charge in [-0.05, 0) is 24.5 Å². The number of imide groups is 1. The summed E-state index contributed by atoms with van der Waals surface area (Å²) in [6.07, 6.45) is 0.748. The maximum Gasteiger partial charge on any atom is 0.387 e. The molecule has 0 atom stereocenters. The van der Waals surface area contributed by atoms with Crippen LogP contribution in [0.15, 0.2) is 24.3 Å². The first kappa shape index (κ1) is 20.3. The molecule has 0 aliphatic rings. The average Bonchev–Trinajstić information content (AvgIpc) is 2.52. The standard InChI is InChI=1S/C16H20F2N2O5/c1-10(2)7-8-19-16(23)20-13(21)9-24-14(22)11-5-3-4-6-12(11)25-15(17)18/h3-6,10,15H,7-9H2,1-2H3,(H2,19,20,21,23). The topological polar surface area (TPSA) is 93.7 Å². The lowest BCUT2D eigenvalue weighted by molar-refractivity contribution is -0.123. The zero-order valence-electron chi connectivity index (χ0n) is 13.9. The van der Waals surface area contributed by atoms with Crippen molar-refractivity contribution in [2.24, 2.45) is 5.92 Å². The van der Waals surface area contributed by atoms with E-state index >= 15 is 0 Å². The maximum absolute atomic E-state index is 12.3. The lowest BCUT2D eigenvalue weighted by atomic mass is 10.1. The lowest BCUT2D eigenvalue weighted by Crippen LogP contribution is -2.42. The van der Waals surface area contributed by atoms with E-state index in [0.717, 1.165) is 6.42 Å². The molecule has 0 saturated carbocycles. The summed E-state index contributed by atoms with van der Waals surface area (Å²) >= 11 is 0. The molecule has 138 valence electrons. The van der Waals surface area contributed by atoms with Gasteiger partial charge in [0.1, 0.15) is 11.3 Å². The highest BCUT2D eigenvalue weighted by Crippen LogP contribution is 2.20. The highest BCUT2D eigenvalue weighted by molar-refractivity contribution is 5.97. The highest BCUT2D eigenvalue weighted by Gasteiger charge is 2.18. The first-order valence-corrected chi connectivity index (χ1v) is 7.58. The number of benzene rings is 1. The summed E-state index contributed by atoms with van der Waals surface area (Å²) in [5, 5.41) is 4.47. The fourth-order valence-electron chi connectivity index (χ4n) is 1.72. The summed E-state index contributed by atoms with van der Waals surface area (Å²) in [5.74, 6) is -1.84. The number of ether oxygens (including phenoxy) is 2. The van der Waals surface area contributed by atoms with Crippen molar-refractivity contribution in [2.75, 3.05) is 13.2 Å². The van der Waals surface area contributed by atoms with Gasteiger partial charge in [0.15, 0.2) is 6.61 Å². The molecule has 0 radical (unpaired) electrons. The molecule has 0 heterocycles. The van der Waals surface area contributed by atoms with Gasteiger partial charge in [-0.1, -0.05) is 26.0 Å². The van der Waals surface area contributed by atoms with E-state index in [-0.39, 0.29) is 11.3 Å². The van der Waals surface area contributed by atoms with Gasteiger partial charge in [0.05, 0.1) is 0 Å². The van der Waals surface area contributed by atoms with Crippen LogP contribution in [0.4, 0.5) is 13.6 Å². The molecule has 7 nitrogen and oxygen atoms in total. The number of hydrogen-bond donors (Lipinski definition) is 2. The van der Waals surface area contributed by atoms with Crippen LogP contribution < -0.4 is 15.4 Å². The Bertz CT molecular complexity index is 608. The third-order valence-corrected chi connectivity index (χ3v) is 2.92. The summed E-state index contributed by atoms with van der Waals surface area (Å²) in [7, 11) is 0. The van der Waals surface area contributed by atoms with Gasteiger partial charge >= 0.3 is 18.6 Å². The van der Waals surface area contributed by atoms with Crippen molar-refractivity contribution < 1.29 is 32.6 Å². The number of amides is 3. The molecule has 0 fully saturated rings. The molecule has 1 aromatic carbocycles. The van der Waals surface area contributed by atoms with Crippen molar-refractivity contribution in [2.45, 2.75) is 26.9 Å². The SMILES string of the molecule is CC(C)CCNC(=O)NC(=O)COC(=O)c1ccccc1OC(F)F. The molecule has 25 heavy (non-hydrogen) atoms. The van der Waals surface area contributed by atoms with Crippen LogP contribution in [0.1, 0.15) is 30.6 Å². The Hall–Kier alpha value is -2.71. The molecular weight excluding hydrogens is 338 g/mol. The fraction of sp³-hybridized carbons (Fsp3) is 0.438. The number of alkyl halides is 2. The third kappa shape index (κ3) is 8.09. The fourth-order valence-corrected chi connectivity index (χ4v) is 1.72. The highest BCUT2D eigenvalue weighted by atomic mass is 19.3. The van der Waals surface area contributed by atoms with E-state index < -0.39 is 31.1 Å². The van der Waals surface area contributed by atoms with Crippen LogP contribution in [0.2, 0.25) is 0 Å². The van der Waals surface area contributed by atoms with E-state index in [1.54, 1.807) is 0 Å². The largest absolute Gasteiger partial charge is 0.452 e. The smallest absolute Gasteiger partial charge is 0.387 e. The van der Waals surface area contributed by atoms with Gasteiger partial charge in [0, 0.05) is 6.54 Å². The van der Waals surface area contributed by atoms with E-state index in [1.165, 1.54) is 24.3 Å². The lowest BCUT2D eigenvalue weighted by Gasteiger charge is -2.11. The number of rotatable bonds is 8. The Morgan fingerprint density at radius 3 is 2.48 bits per heavy atom. The number of para-hydroxylation sites is 1. The number of halogens is 2. The monoisotopic (exact) mass is 358 g/mol. The van der Waals surface area contributed by atoms with E-state index in [2.05, 4.69) is 10.1 Å². The molecule has 3 amide bonds. The molecule has 1 aromatic rings. The molecule has 1 rings (SSSR count). The van der Waals surface area contributed by atoms with Gasteiger partial charge in [-0.15, -0.1) is 0 Å². The molecule has 0 aliphatic carbocycles. The molecule has 2 N–H and O–H groups in total. The Labute approximate surface area is 143 Å². The molecule has 0 aliphatic heterocycles. The number of carbonyl (C=O) groups is 3. The number of carbonyl (C=O) groups excluding carboxylic acids is 3. The Morgan fingerprint density at radius 1 is 1.16 bits per heavy atom. The second-order valence-electron chi connectivity index (χ2n) is 5.44. The first-order valence-electron chi connectivity index (χ1n) is 7.58. The van der Waals surface area contributed by atoms with Gasteiger partial charge in [-0.3, -0.25) is 10.1 Å². The number of urea groups is 1. The number of esters is 1. The number of hydrogen-bond acceptors (Lipinski definition) is 5. The summed E-state index contributed by atoms with van der Waals surface area (Å²) < 4.78 is 33.5. The van der Waals surface area contributed by atoms with Crippen LogP contribution in [-0.2, 0) is 9.53 Å². The van der Waals surface area contributed by atoms with Gasteiger partial charge in [0.25, 0.3) is 5.91 Å². The van der Waals surface area contributed by atoms with Crippen molar-refractivity contribution in [3.05, 3.63) is 29.8 Å². The van der Waals surface area contributed by atoms with Crippen molar-refractivity contribution in [3.8, 4) is 5.75 Å². The van der Waals surface area contributed by atoms with E-state index in [4.69, 9.17) is 4.74 Å². The first-order chi connectivity index (χ1) is 11.8. The van der Waals surface area contributed by atoms with Crippen LogP contribution in [0, 0.1) is 5.92 Å². The molecule has 0 spiro atoms. The molecule has 0 aromatic heterocycles. The van der Waals surface area contributed by atoms with Gasteiger partial charge < -0.3 is 14.8 Å². The zero-order chi connectivity index (χ0) is 18.8. The Kier molecular flexibility index (Phi) is 8.31. The normalized spacial score (nSPS) is 10.5. The zero-order valence-corrected chi connectivity index (χ0v) is 13.9. The quantitative estimate of drug-likeness (QED) is 0.696.